The lowest BCUT2D eigenvalue weighted by atomic mass is 10.2. The summed E-state index contributed by atoms with van der Waals surface area (Å²) in [6.45, 7) is 0.419. The summed E-state index contributed by atoms with van der Waals surface area (Å²) in [6, 6.07) is 23.4. The van der Waals surface area contributed by atoms with E-state index in [2.05, 4.69) is 5.32 Å². The first kappa shape index (κ1) is 24.9. The van der Waals surface area contributed by atoms with Crippen LogP contribution in [-0.2, 0) is 9.59 Å². The number of carbonyl (C=O) groups excluding carboxylic acids is 3. The standard InChI is InChI=1S/C27H24N2O6S/c1-33-21-13-9-20(10-14-21)28-25(30)18-29-26(31)24(36-27(29)32)17-19-7-11-23(12-8-19)35-16-15-34-22-5-3-2-4-6-22/h2-14,17H,15-16,18H2,1H3,(H,28,30)/b24-17+. The number of benzene rings is 3. The van der Waals surface area contributed by atoms with Gasteiger partial charge in [0.05, 0.1) is 12.0 Å². The first-order valence-corrected chi connectivity index (χ1v) is 11.9. The highest BCUT2D eigenvalue weighted by Gasteiger charge is 2.36. The number of hydrogen-bond acceptors (Lipinski definition) is 7. The maximum absolute atomic E-state index is 12.7. The Hall–Kier alpha value is -4.24. The molecule has 0 unspecified atom stereocenters. The van der Waals surface area contributed by atoms with Crippen LogP contribution in [0.15, 0.2) is 83.8 Å². The van der Waals surface area contributed by atoms with Crippen LogP contribution in [0, 0.1) is 0 Å². The van der Waals surface area contributed by atoms with Gasteiger partial charge in [0.25, 0.3) is 11.1 Å². The zero-order valence-corrected chi connectivity index (χ0v) is 20.3. The fourth-order valence-corrected chi connectivity index (χ4v) is 4.14. The zero-order chi connectivity index (χ0) is 25.3. The summed E-state index contributed by atoms with van der Waals surface area (Å²) in [5, 5.41) is 2.18. The summed E-state index contributed by atoms with van der Waals surface area (Å²) in [7, 11) is 1.55. The predicted octanol–water partition coefficient (Wildman–Crippen LogP) is 4.83. The van der Waals surface area contributed by atoms with Gasteiger partial charge in [-0.25, -0.2) is 0 Å². The van der Waals surface area contributed by atoms with Gasteiger partial charge in [0.2, 0.25) is 5.91 Å². The number of para-hydroxylation sites is 1. The second-order valence-corrected chi connectivity index (χ2v) is 8.62. The quantitative estimate of drug-likeness (QED) is 0.312. The van der Waals surface area contributed by atoms with Gasteiger partial charge in [0, 0.05) is 5.69 Å². The fourth-order valence-electron chi connectivity index (χ4n) is 3.30. The number of hydrogen-bond donors (Lipinski definition) is 1. The molecule has 0 atom stereocenters. The minimum absolute atomic E-state index is 0.252. The Bertz CT molecular complexity index is 1240. The van der Waals surface area contributed by atoms with Crippen molar-refractivity contribution < 1.29 is 28.6 Å². The summed E-state index contributed by atoms with van der Waals surface area (Å²) in [5.41, 5.74) is 1.27. The van der Waals surface area contributed by atoms with Crippen LogP contribution in [0.2, 0.25) is 0 Å². The van der Waals surface area contributed by atoms with Crippen molar-refractivity contribution in [1.82, 2.24) is 4.90 Å². The number of nitrogens with one attached hydrogen (secondary N) is 1. The molecule has 0 radical (unpaired) electrons. The molecule has 0 saturated carbocycles. The molecule has 3 aromatic rings. The Labute approximate surface area is 212 Å². The average molecular weight is 505 g/mol. The van der Waals surface area contributed by atoms with Crippen LogP contribution in [0.3, 0.4) is 0 Å². The molecule has 0 bridgehead atoms. The predicted molar refractivity (Wildman–Crippen MR) is 138 cm³/mol. The van der Waals surface area contributed by atoms with Gasteiger partial charge in [-0.3, -0.25) is 19.3 Å². The van der Waals surface area contributed by atoms with Gasteiger partial charge in [-0.15, -0.1) is 0 Å². The lowest BCUT2D eigenvalue weighted by molar-refractivity contribution is -0.127. The summed E-state index contributed by atoms with van der Waals surface area (Å²) < 4.78 is 16.4. The van der Waals surface area contributed by atoms with E-state index in [0.717, 1.165) is 28.0 Å². The van der Waals surface area contributed by atoms with E-state index in [0.29, 0.717) is 30.4 Å². The first-order valence-electron chi connectivity index (χ1n) is 11.1. The molecule has 9 heteroatoms. The van der Waals surface area contributed by atoms with Gasteiger partial charge < -0.3 is 19.5 Å². The molecule has 1 N–H and O–H groups in total. The van der Waals surface area contributed by atoms with E-state index in [1.165, 1.54) is 0 Å². The number of thioether (sulfide) groups is 1. The highest BCUT2D eigenvalue weighted by atomic mass is 32.2. The highest BCUT2D eigenvalue weighted by molar-refractivity contribution is 8.18. The molecule has 0 aromatic heterocycles. The largest absolute Gasteiger partial charge is 0.497 e. The average Bonchev–Trinajstić information content (AvgIpc) is 3.15. The lowest BCUT2D eigenvalue weighted by Gasteiger charge is -2.12. The third kappa shape index (κ3) is 6.67. The van der Waals surface area contributed by atoms with Gasteiger partial charge in [-0.05, 0) is 71.9 Å². The third-order valence-corrected chi connectivity index (χ3v) is 6.00. The van der Waals surface area contributed by atoms with Crippen LogP contribution >= 0.6 is 11.8 Å². The normalized spacial score (nSPS) is 14.1. The summed E-state index contributed by atoms with van der Waals surface area (Å²) in [4.78, 5) is 38.6. The van der Waals surface area contributed by atoms with Crippen molar-refractivity contribution in [3.63, 3.8) is 0 Å². The maximum Gasteiger partial charge on any atom is 0.294 e. The second-order valence-electron chi connectivity index (χ2n) is 7.62. The van der Waals surface area contributed by atoms with E-state index in [-0.39, 0.29) is 11.4 Å². The smallest absolute Gasteiger partial charge is 0.294 e. The fraction of sp³-hybridized carbons (Fsp3) is 0.148. The van der Waals surface area contributed by atoms with Crippen LogP contribution in [0.5, 0.6) is 17.2 Å². The molecule has 1 aliphatic heterocycles. The number of carbonyl (C=O) groups is 3. The molecule has 1 aliphatic rings. The van der Waals surface area contributed by atoms with Crippen LogP contribution in [0.1, 0.15) is 5.56 Å². The molecule has 184 valence electrons. The summed E-state index contributed by atoms with van der Waals surface area (Å²) in [6.07, 6.45) is 1.62. The van der Waals surface area contributed by atoms with E-state index >= 15 is 0 Å². The topological polar surface area (TPSA) is 94.2 Å². The monoisotopic (exact) mass is 504 g/mol. The summed E-state index contributed by atoms with van der Waals surface area (Å²) in [5.74, 6) is 1.12. The molecular weight excluding hydrogens is 480 g/mol. The molecule has 4 rings (SSSR count). The number of amides is 3. The van der Waals surface area contributed by atoms with Gasteiger partial charge in [-0.2, -0.15) is 0 Å². The Kier molecular flexibility index (Phi) is 8.25. The highest BCUT2D eigenvalue weighted by Crippen LogP contribution is 2.32. The molecule has 8 nitrogen and oxygen atoms in total. The van der Waals surface area contributed by atoms with Crippen molar-refractivity contribution in [1.29, 1.82) is 0 Å². The zero-order valence-electron chi connectivity index (χ0n) is 19.5. The number of ether oxygens (including phenoxy) is 3. The molecule has 0 spiro atoms. The Morgan fingerprint density at radius 3 is 2.11 bits per heavy atom. The van der Waals surface area contributed by atoms with Gasteiger partial charge >= 0.3 is 0 Å². The van der Waals surface area contributed by atoms with Gasteiger partial charge in [0.15, 0.2) is 0 Å². The van der Waals surface area contributed by atoms with Crippen molar-refractivity contribution in [3.05, 3.63) is 89.3 Å². The van der Waals surface area contributed by atoms with Gasteiger partial charge in [-0.1, -0.05) is 30.3 Å². The number of methoxy groups -OCH3 is 1. The van der Waals surface area contributed by atoms with E-state index in [1.807, 2.05) is 30.3 Å². The number of imide groups is 1. The van der Waals surface area contributed by atoms with Crippen LogP contribution < -0.4 is 19.5 Å². The summed E-state index contributed by atoms with van der Waals surface area (Å²) >= 11 is 0.803. The van der Waals surface area contributed by atoms with Crippen LogP contribution in [0.4, 0.5) is 10.5 Å². The molecule has 3 amide bonds. The molecule has 1 fully saturated rings. The van der Waals surface area contributed by atoms with E-state index in [4.69, 9.17) is 14.2 Å². The third-order valence-electron chi connectivity index (χ3n) is 5.09. The van der Waals surface area contributed by atoms with Crippen LogP contribution in [-0.4, -0.2) is 48.8 Å². The van der Waals surface area contributed by atoms with Gasteiger partial charge in [0.1, 0.15) is 37.0 Å². The maximum atomic E-state index is 12.7. The molecule has 0 aliphatic carbocycles. The first-order chi connectivity index (χ1) is 17.5. The molecule has 1 saturated heterocycles. The Balaban J connectivity index is 1.28. The van der Waals surface area contributed by atoms with Crippen LogP contribution in [0.25, 0.3) is 6.08 Å². The SMILES string of the molecule is COc1ccc(NC(=O)CN2C(=O)S/C(=C/c3ccc(OCCOc4ccccc4)cc3)C2=O)cc1. The minimum Gasteiger partial charge on any atom is -0.497 e. The van der Waals surface area contributed by atoms with Crippen molar-refractivity contribution in [2.75, 3.05) is 32.2 Å². The Morgan fingerprint density at radius 2 is 1.47 bits per heavy atom. The van der Waals surface area contributed by atoms with E-state index < -0.39 is 17.1 Å². The number of anilines is 1. The lowest BCUT2D eigenvalue weighted by Crippen LogP contribution is -2.36. The number of rotatable bonds is 10. The van der Waals surface area contributed by atoms with E-state index in [9.17, 15) is 14.4 Å². The van der Waals surface area contributed by atoms with Crippen molar-refractivity contribution in [2.45, 2.75) is 0 Å². The molecular formula is C27H24N2O6S. The molecule has 3 aromatic carbocycles. The minimum atomic E-state index is -0.506. The van der Waals surface area contributed by atoms with Crippen molar-refractivity contribution in [3.8, 4) is 17.2 Å². The van der Waals surface area contributed by atoms with E-state index in [1.54, 1.807) is 61.7 Å². The molecule has 1 heterocycles. The van der Waals surface area contributed by atoms with Crippen molar-refractivity contribution in [2.24, 2.45) is 0 Å². The molecule has 36 heavy (non-hydrogen) atoms. The van der Waals surface area contributed by atoms with Crippen molar-refractivity contribution >= 4 is 40.6 Å². The Morgan fingerprint density at radius 1 is 0.861 bits per heavy atom. The number of nitrogens with zero attached hydrogens (tertiary/aromatic N) is 1. The second kappa shape index (κ2) is 11.9.